The van der Waals surface area contributed by atoms with Crippen molar-refractivity contribution in [3.8, 4) is 0 Å². The van der Waals surface area contributed by atoms with Gasteiger partial charge in [0.1, 0.15) is 12.7 Å². The predicted octanol–water partition coefficient (Wildman–Crippen LogP) is 2.05. The molecule has 5 nitrogen and oxygen atoms in total. The van der Waals surface area contributed by atoms with Crippen LogP contribution in [0.3, 0.4) is 0 Å². The lowest BCUT2D eigenvalue weighted by Gasteiger charge is -2.55. The molecule has 108 valence electrons. The van der Waals surface area contributed by atoms with Crippen molar-refractivity contribution in [1.29, 1.82) is 0 Å². The van der Waals surface area contributed by atoms with Crippen molar-refractivity contribution in [1.82, 2.24) is 14.8 Å². The van der Waals surface area contributed by atoms with E-state index in [-0.39, 0.29) is 5.92 Å². The summed E-state index contributed by atoms with van der Waals surface area (Å²) in [7, 11) is 0. The Balaban J connectivity index is 1.58. The molecule has 1 unspecified atom stereocenters. The zero-order valence-electron chi connectivity index (χ0n) is 11.6. The van der Waals surface area contributed by atoms with Crippen LogP contribution in [0, 0.1) is 35.5 Å². The summed E-state index contributed by atoms with van der Waals surface area (Å²) in [6.07, 6.45) is 9.74. The van der Waals surface area contributed by atoms with Gasteiger partial charge in [0.05, 0.1) is 5.92 Å². The first-order chi connectivity index (χ1) is 9.70. The number of nitrogens with zero attached hydrogens (tertiary/aromatic N) is 3. The van der Waals surface area contributed by atoms with Crippen LogP contribution in [0.5, 0.6) is 0 Å². The summed E-state index contributed by atoms with van der Waals surface area (Å²) in [4.78, 5) is 11.8. The van der Waals surface area contributed by atoms with Crippen molar-refractivity contribution in [2.45, 2.75) is 38.6 Å². The molecule has 0 saturated heterocycles. The minimum atomic E-state index is -0.642. The Morgan fingerprint density at radius 3 is 2.15 bits per heavy atom. The van der Waals surface area contributed by atoms with Crippen LogP contribution in [0.25, 0.3) is 0 Å². The van der Waals surface area contributed by atoms with E-state index in [0.29, 0.717) is 24.3 Å². The first kappa shape index (κ1) is 12.4. The summed E-state index contributed by atoms with van der Waals surface area (Å²) in [5, 5.41) is 17.3. The van der Waals surface area contributed by atoms with Crippen LogP contribution in [0.2, 0.25) is 0 Å². The molecular formula is C15H21N3O2. The summed E-state index contributed by atoms with van der Waals surface area (Å²) in [5.74, 6) is 2.50. The average molecular weight is 275 g/mol. The van der Waals surface area contributed by atoms with Crippen LogP contribution in [0.4, 0.5) is 0 Å². The zero-order valence-corrected chi connectivity index (χ0v) is 11.6. The van der Waals surface area contributed by atoms with Crippen LogP contribution in [0.1, 0.15) is 32.1 Å². The predicted molar refractivity (Wildman–Crippen MR) is 71.7 cm³/mol. The molecule has 4 bridgehead atoms. The van der Waals surface area contributed by atoms with E-state index in [9.17, 15) is 9.90 Å². The van der Waals surface area contributed by atoms with E-state index < -0.39 is 5.97 Å². The largest absolute Gasteiger partial charge is 0.481 e. The molecule has 5 rings (SSSR count). The number of aromatic nitrogens is 3. The average Bonchev–Trinajstić information content (AvgIpc) is 2.88. The number of aliphatic carboxylic acids is 1. The molecule has 1 N–H and O–H groups in total. The molecule has 0 spiro atoms. The highest BCUT2D eigenvalue weighted by Gasteiger charge is 2.51. The molecule has 0 aromatic carbocycles. The van der Waals surface area contributed by atoms with Crippen LogP contribution in [0.15, 0.2) is 12.7 Å². The van der Waals surface area contributed by atoms with Crippen LogP contribution < -0.4 is 0 Å². The maximum absolute atomic E-state index is 11.8. The molecule has 1 aromatic heterocycles. The van der Waals surface area contributed by atoms with Crippen molar-refractivity contribution in [2.24, 2.45) is 35.5 Å². The topological polar surface area (TPSA) is 68.0 Å². The number of carboxylic acids is 1. The fourth-order valence-electron chi connectivity index (χ4n) is 5.53. The van der Waals surface area contributed by atoms with Crippen molar-refractivity contribution in [3.63, 3.8) is 0 Å². The quantitative estimate of drug-likeness (QED) is 0.913. The summed E-state index contributed by atoms with van der Waals surface area (Å²) < 4.78 is 1.82. The first-order valence-electron chi connectivity index (χ1n) is 7.76. The van der Waals surface area contributed by atoms with Crippen LogP contribution in [-0.4, -0.2) is 25.8 Å². The molecule has 5 heteroatoms. The van der Waals surface area contributed by atoms with Gasteiger partial charge in [-0.05, 0) is 61.7 Å². The van der Waals surface area contributed by atoms with Gasteiger partial charge < -0.3 is 9.67 Å². The van der Waals surface area contributed by atoms with E-state index in [2.05, 4.69) is 10.2 Å². The zero-order chi connectivity index (χ0) is 13.7. The third-order valence-corrected chi connectivity index (χ3v) is 5.96. The molecule has 0 aliphatic heterocycles. The number of hydrogen-bond donors (Lipinski definition) is 1. The van der Waals surface area contributed by atoms with Gasteiger partial charge in [0.25, 0.3) is 0 Å². The smallest absolute Gasteiger partial charge is 0.308 e. The van der Waals surface area contributed by atoms with E-state index in [4.69, 9.17) is 0 Å². The van der Waals surface area contributed by atoms with Gasteiger partial charge in [-0.3, -0.25) is 4.79 Å². The van der Waals surface area contributed by atoms with Crippen molar-refractivity contribution in [3.05, 3.63) is 12.7 Å². The highest BCUT2D eigenvalue weighted by molar-refractivity contribution is 5.70. The molecule has 1 atom stereocenters. The van der Waals surface area contributed by atoms with Crippen molar-refractivity contribution < 1.29 is 9.90 Å². The summed E-state index contributed by atoms with van der Waals surface area (Å²) in [6.45, 7) is 0.523. The van der Waals surface area contributed by atoms with Crippen LogP contribution in [-0.2, 0) is 11.3 Å². The molecule has 0 radical (unpaired) electrons. The minimum Gasteiger partial charge on any atom is -0.481 e. The molecule has 4 fully saturated rings. The highest BCUT2D eigenvalue weighted by Crippen LogP contribution is 2.58. The van der Waals surface area contributed by atoms with Gasteiger partial charge in [-0.15, -0.1) is 10.2 Å². The summed E-state index contributed by atoms with van der Waals surface area (Å²) >= 11 is 0. The Morgan fingerprint density at radius 1 is 1.10 bits per heavy atom. The number of rotatable bonds is 4. The van der Waals surface area contributed by atoms with Gasteiger partial charge in [-0.1, -0.05) is 0 Å². The molecule has 0 amide bonds. The van der Waals surface area contributed by atoms with Gasteiger partial charge in [0.2, 0.25) is 0 Å². The molecule has 20 heavy (non-hydrogen) atoms. The molecule has 4 aliphatic carbocycles. The van der Waals surface area contributed by atoms with Gasteiger partial charge in [0.15, 0.2) is 0 Å². The van der Waals surface area contributed by atoms with Gasteiger partial charge in [-0.25, -0.2) is 0 Å². The Bertz CT molecular complexity index is 471. The van der Waals surface area contributed by atoms with E-state index in [1.807, 2.05) is 4.57 Å². The molecule has 4 aliphatic rings. The molecule has 4 saturated carbocycles. The maximum atomic E-state index is 11.8. The molecule has 1 heterocycles. The lowest BCUT2D eigenvalue weighted by molar-refractivity contribution is -0.152. The monoisotopic (exact) mass is 275 g/mol. The number of carbonyl (C=O) groups is 1. The third kappa shape index (κ3) is 1.95. The van der Waals surface area contributed by atoms with Gasteiger partial charge in [0, 0.05) is 6.54 Å². The van der Waals surface area contributed by atoms with E-state index >= 15 is 0 Å². The minimum absolute atomic E-state index is 0.277. The Hall–Kier alpha value is -1.39. The normalized spacial score (nSPS) is 39.9. The van der Waals surface area contributed by atoms with Crippen molar-refractivity contribution in [2.75, 3.05) is 0 Å². The Kier molecular flexibility index (Phi) is 2.82. The van der Waals surface area contributed by atoms with Gasteiger partial charge in [-0.2, -0.15) is 0 Å². The SMILES string of the molecule is O=C(O)C(Cn1cnnc1)C1C2CC3CC(C2)CC1C3. The summed E-state index contributed by atoms with van der Waals surface area (Å²) in [6, 6.07) is 0. The maximum Gasteiger partial charge on any atom is 0.308 e. The first-order valence-corrected chi connectivity index (χ1v) is 7.76. The highest BCUT2D eigenvalue weighted by atomic mass is 16.4. The fourth-order valence-corrected chi connectivity index (χ4v) is 5.53. The van der Waals surface area contributed by atoms with Crippen molar-refractivity contribution >= 4 is 5.97 Å². The van der Waals surface area contributed by atoms with E-state index in [0.717, 1.165) is 11.8 Å². The van der Waals surface area contributed by atoms with Crippen LogP contribution >= 0.6 is 0 Å². The second kappa shape index (κ2) is 4.57. The Morgan fingerprint density at radius 2 is 1.65 bits per heavy atom. The summed E-state index contributed by atoms with van der Waals surface area (Å²) in [5.41, 5.74) is 0. The number of carboxylic acid groups (broad SMARTS) is 1. The second-order valence-corrected chi connectivity index (χ2v) is 7.11. The van der Waals surface area contributed by atoms with Gasteiger partial charge >= 0.3 is 5.97 Å². The lowest BCUT2D eigenvalue weighted by atomic mass is 9.49. The molecular weight excluding hydrogens is 254 g/mol. The standard InChI is InChI=1S/C15H21N3O2/c19-15(20)13(6-18-7-16-17-8-18)14-11-2-9-1-10(4-11)5-12(14)3-9/h7-14H,1-6H2,(H,19,20). The second-order valence-electron chi connectivity index (χ2n) is 7.11. The molecule has 1 aromatic rings. The fraction of sp³-hybridized carbons (Fsp3) is 0.800. The van der Waals surface area contributed by atoms with E-state index in [1.165, 1.54) is 32.1 Å². The van der Waals surface area contributed by atoms with E-state index in [1.54, 1.807) is 12.7 Å². The third-order valence-electron chi connectivity index (χ3n) is 5.96. The Labute approximate surface area is 118 Å². The lowest BCUT2D eigenvalue weighted by Crippen LogP contribution is -2.50. The number of hydrogen-bond acceptors (Lipinski definition) is 3.